The third-order valence-corrected chi connectivity index (χ3v) is 5.30. The Morgan fingerprint density at radius 2 is 2.13 bits per heavy atom. The number of carbonyl (C=O) groups is 2. The summed E-state index contributed by atoms with van der Waals surface area (Å²) in [5, 5.41) is 7.89. The second kappa shape index (κ2) is 8.25. The van der Waals surface area contributed by atoms with Crippen molar-refractivity contribution in [3.8, 4) is 5.75 Å². The summed E-state index contributed by atoms with van der Waals surface area (Å²) in [5.41, 5.74) is 2.35. The van der Waals surface area contributed by atoms with Crippen LogP contribution in [0.1, 0.15) is 40.1 Å². The SMILES string of the molecule is [2H]C([2H])([2H])NC(=O)c1cnc(NC(=O)C2CC2)cc1Nc1ccc2nc(C)n(CC)c2c1OC. The lowest BCUT2D eigenvalue weighted by Gasteiger charge is -2.16. The Labute approximate surface area is 184 Å². The van der Waals surface area contributed by atoms with Gasteiger partial charge in [-0.05, 0) is 38.8 Å². The zero-order chi connectivity index (χ0) is 24.6. The van der Waals surface area contributed by atoms with Gasteiger partial charge in [-0.15, -0.1) is 0 Å². The van der Waals surface area contributed by atoms with Crippen LogP contribution in [-0.4, -0.2) is 40.4 Å². The number of anilines is 3. The number of aryl methyl sites for hydroxylation is 2. The Morgan fingerprint density at radius 3 is 2.81 bits per heavy atom. The number of nitrogens with one attached hydrogen (secondary N) is 3. The first-order valence-electron chi connectivity index (χ1n) is 11.6. The fourth-order valence-electron chi connectivity index (χ4n) is 3.59. The Balaban J connectivity index is 1.77. The third-order valence-electron chi connectivity index (χ3n) is 5.30. The maximum absolute atomic E-state index is 12.7. The van der Waals surface area contributed by atoms with E-state index in [1.54, 1.807) is 13.2 Å². The van der Waals surface area contributed by atoms with Crippen molar-refractivity contribution in [2.24, 2.45) is 5.92 Å². The first kappa shape index (κ1) is 17.1. The van der Waals surface area contributed by atoms with Crippen LogP contribution in [0.2, 0.25) is 0 Å². The van der Waals surface area contributed by atoms with Crippen LogP contribution in [0.4, 0.5) is 17.2 Å². The van der Waals surface area contributed by atoms with Crippen LogP contribution in [0.25, 0.3) is 11.0 Å². The van der Waals surface area contributed by atoms with E-state index in [-0.39, 0.29) is 28.9 Å². The number of hydrogen-bond acceptors (Lipinski definition) is 6. The zero-order valence-electron chi connectivity index (χ0n) is 20.6. The van der Waals surface area contributed by atoms with E-state index in [2.05, 4.69) is 20.6 Å². The molecular weight excluding hydrogens is 396 g/mol. The largest absolute Gasteiger partial charge is 0.492 e. The van der Waals surface area contributed by atoms with Gasteiger partial charge < -0.3 is 25.3 Å². The molecule has 1 aliphatic rings. The van der Waals surface area contributed by atoms with Crippen LogP contribution >= 0.6 is 0 Å². The number of hydrogen-bond donors (Lipinski definition) is 3. The number of rotatable bonds is 7. The summed E-state index contributed by atoms with van der Waals surface area (Å²) in [6.45, 7) is 1.92. The lowest BCUT2D eigenvalue weighted by atomic mass is 10.1. The second-order valence-electron chi connectivity index (χ2n) is 7.38. The predicted octanol–water partition coefficient (Wildman–Crippen LogP) is 3.22. The molecule has 0 bridgehead atoms. The fourth-order valence-corrected chi connectivity index (χ4v) is 3.59. The van der Waals surface area contributed by atoms with Gasteiger partial charge >= 0.3 is 0 Å². The van der Waals surface area contributed by atoms with Crippen LogP contribution in [0, 0.1) is 12.8 Å². The van der Waals surface area contributed by atoms with Crippen molar-refractivity contribution in [1.82, 2.24) is 19.9 Å². The molecule has 31 heavy (non-hydrogen) atoms. The summed E-state index contributed by atoms with van der Waals surface area (Å²) < 4.78 is 29.8. The maximum atomic E-state index is 12.7. The number of nitrogens with zero attached hydrogens (tertiary/aromatic N) is 3. The smallest absolute Gasteiger partial charge is 0.254 e. The van der Waals surface area contributed by atoms with Gasteiger partial charge in [0.25, 0.3) is 5.91 Å². The summed E-state index contributed by atoms with van der Waals surface area (Å²) in [4.78, 5) is 33.6. The van der Waals surface area contributed by atoms with Crippen LogP contribution in [0.5, 0.6) is 5.75 Å². The van der Waals surface area contributed by atoms with Crippen molar-refractivity contribution < 1.29 is 18.4 Å². The molecule has 9 heteroatoms. The molecule has 2 heterocycles. The summed E-state index contributed by atoms with van der Waals surface area (Å²) in [5.74, 6) is 0.599. The van der Waals surface area contributed by atoms with Crippen molar-refractivity contribution >= 4 is 40.0 Å². The summed E-state index contributed by atoms with van der Waals surface area (Å²) in [7, 11) is 1.54. The lowest BCUT2D eigenvalue weighted by molar-refractivity contribution is -0.117. The van der Waals surface area contributed by atoms with Gasteiger partial charge in [0.1, 0.15) is 17.2 Å². The van der Waals surface area contributed by atoms with Gasteiger partial charge in [0.15, 0.2) is 5.75 Å². The predicted molar refractivity (Wildman–Crippen MR) is 119 cm³/mol. The van der Waals surface area contributed by atoms with Gasteiger partial charge in [0.2, 0.25) is 5.91 Å². The number of aromatic nitrogens is 3. The van der Waals surface area contributed by atoms with Crippen molar-refractivity contribution in [3.63, 3.8) is 0 Å². The molecule has 0 unspecified atom stereocenters. The van der Waals surface area contributed by atoms with Crippen LogP contribution in [0.15, 0.2) is 24.4 Å². The molecule has 1 fully saturated rings. The molecule has 3 N–H and O–H groups in total. The molecule has 9 nitrogen and oxygen atoms in total. The number of methoxy groups -OCH3 is 1. The van der Waals surface area contributed by atoms with E-state index >= 15 is 0 Å². The monoisotopic (exact) mass is 425 g/mol. The summed E-state index contributed by atoms with van der Waals surface area (Å²) >= 11 is 0. The molecule has 4 rings (SSSR count). The van der Waals surface area contributed by atoms with Gasteiger partial charge in [-0.25, -0.2) is 9.97 Å². The molecule has 0 atom stereocenters. The number of carbonyl (C=O) groups excluding carboxylic acids is 2. The Bertz CT molecular complexity index is 1270. The maximum Gasteiger partial charge on any atom is 0.254 e. The number of benzene rings is 1. The molecular formula is C22H26N6O3. The number of fused-ring (bicyclic) bond motifs is 1. The van der Waals surface area contributed by atoms with Gasteiger partial charge in [0.05, 0.1) is 29.6 Å². The summed E-state index contributed by atoms with van der Waals surface area (Å²) in [6.07, 6.45) is 2.90. The topological polar surface area (TPSA) is 110 Å². The molecule has 0 saturated heterocycles. The first-order valence-corrected chi connectivity index (χ1v) is 10.1. The second-order valence-corrected chi connectivity index (χ2v) is 7.38. The van der Waals surface area contributed by atoms with E-state index in [1.807, 2.05) is 29.8 Å². The fraction of sp³-hybridized carbons (Fsp3) is 0.364. The van der Waals surface area contributed by atoms with E-state index in [0.29, 0.717) is 18.0 Å². The van der Waals surface area contributed by atoms with Crippen LogP contribution in [-0.2, 0) is 11.3 Å². The van der Waals surface area contributed by atoms with Crippen molar-refractivity contribution in [3.05, 3.63) is 35.8 Å². The van der Waals surface area contributed by atoms with Gasteiger partial charge in [-0.1, -0.05) is 0 Å². The number of ether oxygens (including phenoxy) is 1. The van der Waals surface area contributed by atoms with Gasteiger partial charge in [-0.2, -0.15) is 0 Å². The van der Waals surface area contributed by atoms with E-state index in [0.717, 1.165) is 29.7 Å². The molecule has 0 radical (unpaired) electrons. The Kier molecular flexibility index (Phi) is 4.55. The molecule has 2 aromatic heterocycles. The minimum atomic E-state index is -2.67. The number of amides is 2. The zero-order valence-corrected chi connectivity index (χ0v) is 17.6. The molecule has 1 aromatic carbocycles. The average Bonchev–Trinajstić information content (AvgIpc) is 3.55. The highest BCUT2D eigenvalue weighted by Crippen LogP contribution is 2.37. The summed E-state index contributed by atoms with van der Waals surface area (Å²) in [6, 6.07) is 5.10. The number of imidazole rings is 1. The molecule has 1 saturated carbocycles. The van der Waals surface area contributed by atoms with Crippen molar-refractivity contribution in [2.45, 2.75) is 33.2 Å². The Morgan fingerprint density at radius 1 is 1.32 bits per heavy atom. The average molecular weight is 426 g/mol. The molecule has 0 aliphatic heterocycles. The van der Waals surface area contributed by atoms with E-state index in [4.69, 9.17) is 8.85 Å². The highest BCUT2D eigenvalue weighted by Gasteiger charge is 2.30. The minimum absolute atomic E-state index is 0.00266. The lowest BCUT2D eigenvalue weighted by Crippen LogP contribution is -2.20. The van der Waals surface area contributed by atoms with Gasteiger partial charge in [0, 0.05) is 35.8 Å². The van der Waals surface area contributed by atoms with Gasteiger partial charge in [-0.3, -0.25) is 9.59 Å². The van der Waals surface area contributed by atoms with Crippen molar-refractivity contribution in [2.75, 3.05) is 24.7 Å². The molecule has 0 spiro atoms. The molecule has 3 aromatic rings. The molecule has 2 amide bonds. The third kappa shape index (κ3) is 3.90. The first-order chi connectivity index (χ1) is 16.1. The van der Waals surface area contributed by atoms with E-state index in [9.17, 15) is 9.59 Å². The number of pyridine rings is 1. The minimum Gasteiger partial charge on any atom is -0.492 e. The van der Waals surface area contributed by atoms with E-state index in [1.165, 1.54) is 12.3 Å². The van der Waals surface area contributed by atoms with Crippen LogP contribution in [0.3, 0.4) is 0 Å². The molecule has 1 aliphatic carbocycles. The Hall–Kier alpha value is -3.62. The highest BCUT2D eigenvalue weighted by atomic mass is 16.5. The highest BCUT2D eigenvalue weighted by molar-refractivity contribution is 6.02. The quantitative estimate of drug-likeness (QED) is 0.536. The van der Waals surface area contributed by atoms with E-state index < -0.39 is 12.9 Å². The van der Waals surface area contributed by atoms with Crippen molar-refractivity contribution in [1.29, 1.82) is 0 Å². The normalized spacial score (nSPS) is 15.0. The molecule has 162 valence electrons. The standard InChI is InChI=1S/C22H26N6O3/c1-5-28-12(2)25-15-8-9-16(20(31-4)19(15)28)26-17-10-18(27-21(29)13-6-7-13)24-11-14(17)22(30)23-3/h8-11,13H,5-7H2,1-4H3,(H,23,30)(H2,24,26,27,29)/i3D3. The van der Waals surface area contributed by atoms with Crippen LogP contribution < -0.4 is 20.7 Å².